The molecule has 1 unspecified atom stereocenters. The van der Waals surface area contributed by atoms with Crippen LogP contribution in [0.1, 0.15) is 26.7 Å². The van der Waals surface area contributed by atoms with Gasteiger partial charge in [-0.15, -0.1) is 0 Å². The van der Waals surface area contributed by atoms with Crippen LogP contribution in [-0.4, -0.2) is 57.4 Å². The van der Waals surface area contributed by atoms with Crippen molar-refractivity contribution >= 4 is 10.0 Å². The summed E-state index contributed by atoms with van der Waals surface area (Å²) in [5.74, 6) is 0. The molecular weight excluding hydrogens is 240 g/mol. The summed E-state index contributed by atoms with van der Waals surface area (Å²) in [6.07, 6.45) is 3.03. The van der Waals surface area contributed by atoms with Gasteiger partial charge in [0.2, 0.25) is 10.0 Å². The average Bonchev–Trinajstić information content (AvgIpc) is 2.26. The number of piperidine rings is 1. The summed E-state index contributed by atoms with van der Waals surface area (Å²) in [5, 5.41) is 3.48. The van der Waals surface area contributed by atoms with Gasteiger partial charge < -0.3 is 10.1 Å². The van der Waals surface area contributed by atoms with Crippen LogP contribution in [0.5, 0.6) is 0 Å². The van der Waals surface area contributed by atoms with Crippen LogP contribution in [0.4, 0.5) is 0 Å². The molecule has 102 valence electrons. The lowest BCUT2D eigenvalue weighted by Gasteiger charge is -2.32. The van der Waals surface area contributed by atoms with Gasteiger partial charge in [0.15, 0.2) is 0 Å². The van der Waals surface area contributed by atoms with E-state index in [1.165, 1.54) is 6.26 Å². The molecule has 0 bridgehead atoms. The second-order valence-corrected chi connectivity index (χ2v) is 6.65. The Labute approximate surface area is 105 Å². The van der Waals surface area contributed by atoms with Crippen LogP contribution in [0, 0.1) is 0 Å². The van der Waals surface area contributed by atoms with Crippen molar-refractivity contribution in [3.8, 4) is 0 Å². The summed E-state index contributed by atoms with van der Waals surface area (Å²) >= 11 is 0. The summed E-state index contributed by atoms with van der Waals surface area (Å²) in [4.78, 5) is 0. The zero-order valence-electron chi connectivity index (χ0n) is 11.0. The fourth-order valence-electron chi connectivity index (χ4n) is 2.10. The standard InChI is InChI=1S/C11H24N2O3S/c1-4-16-9-10(2)12-11-5-7-13(8-6-11)17(3,14)15/h10-12H,4-9H2,1-3H3. The molecule has 1 N–H and O–H groups in total. The molecule has 5 nitrogen and oxygen atoms in total. The van der Waals surface area contributed by atoms with Gasteiger partial charge in [-0.3, -0.25) is 0 Å². The van der Waals surface area contributed by atoms with E-state index in [4.69, 9.17) is 4.74 Å². The van der Waals surface area contributed by atoms with Crippen molar-refractivity contribution in [2.24, 2.45) is 0 Å². The summed E-state index contributed by atoms with van der Waals surface area (Å²) in [6, 6.07) is 0.730. The molecule has 1 atom stereocenters. The summed E-state index contributed by atoms with van der Waals surface area (Å²) in [5.41, 5.74) is 0. The van der Waals surface area contributed by atoms with Crippen molar-refractivity contribution in [3.05, 3.63) is 0 Å². The minimum absolute atomic E-state index is 0.324. The van der Waals surface area contributed by atoms with E-state index in [0.29, 0.717) is 31.8 Å². The topological polar surface area (TPSA) is 58.6 Å². The lowest BCUT2D eigenvalue weighted by molar-refractivity contribution is 0.119. The summed E-state index contributed by atoms with van der Waals surface area (Å²) in [7, 11) is -3.01. The van der Waals surface area contributed by atoms with Crippen molar-refractivity contribution < 1.29 is 13.2 Å². The van der Waals surface area contributed by atoms with E-state index in [1.54, 1.807) is 4.31 Å². The Morgan fingerprint density at radius 2 is 2.00 bits per heavy atom. The largest absolute Gasteiger partial charge is 0.380 e. The molecule has 0 spiro atoms. The first-order valence-corrected chi connectivity index (χ1v) is 8.07. The van der Waals surface area contributed by atoms with Crippen LogP contribution in [0.2, 0.25) is 0 Å². The maximum absolute atomic E-state index is 11.3. The van der Waals surface area contributed by atoms with Crippen molar-refractivity contribution in [1.29, 1.82) is 0 Å². The fraction of sp³-hybridized carbons (Fsp3) is 1.00. The molecule has 0 aromatic rings. The van der Waals surface area contributed by atoms with Crippen LogP contribution >= 0.6 is 0 Å². The van der Waals surface area contributed by atoms with Crippen LogP contribution in [-0.2, 0) is 14.8 Å². The van der Waals surface area contributed by atoms with Gasteiger partial charge >= 0.3 is 0 Å². The molecule has 1 fully saturated rings. The predicted octanol–water partition coefficient (Wildman–Crippen LogP) is 0.425. The molecule has 0 aliphatic carbocycles. The van der Waals surface area contributed by atoms with Gasteiger partial charge in [0.25, 0.3) is 0 Å². The second-order valence-electron chi connectivity index (χ2n) is 4.66. The monoisotopic (exact) mass is 264 g/mol. The van der Waals surface area contributed by atoms with Gasteiger partial charge in [-0.1, -0.05) is 0 Å². The van der Waals surface area contributed by atoms with Gasteiger partial charge in [0.1, 0.15) is 0 Å². The van der Waals surface area contributed by atoms with Crippen LogP contribution < -0.4 is 5.32 Å². The van der Waals surface area contributed by atoms with Gasteiger partial charge in [0.05, 0.1) is 12.9 Å². The SMILES string of the molecule is CCOCC(C)NC1CCN(S(C)(=O)=O)CC1. The highest BCUT2D eigenvalue weighted by Crippen LogP contribution is 2.13. The maximum Gasteiger partial charge on any atom is 0.211 e. The van der Waals surface area contributed by atoms with E-state index in [1.807, 2.05) is 6.92 Å². The third-order valence-electron chi connectivity index (χ3n) is 3.02. The third kappa shape index (κ3) is 5.33. The number of hydrogen-bond acceptors (Lipinski definition) is 4. The van der Waals surface area contributed by atoms with Gasteiger partial charge in [-0.2, -0.15) is 0 Å². The number of rotatable bonds is 6. The first kappa shape index (κ1) is 14.9. The Morgan fingerprint density at radius 1 is 1.41 bits per heavy atom. The molecule has 6 heteroatoms. The first-order valence-electron chi connectivity index (χ1n) is 6.22. The highest BCUT2D eigenvalue weighted by atomic mass is 32.2. The molecule has 0 radical (unpaired) electrons. The van der Waals surface area contributed by atoms with Crippen LogP contribution in [0.25, 0.3) is 0 Å². The van der Waals surface area contributed by atoms with Crippen molar-refractivity contribution in [2.45, 2.75) is 38.8 Å². The highest BCUT2D eigenvalue weighted by molar-refractivity contribution is 7.88. The van der Waals surface area contributed by atoms with E-state index >= 15 is 0 Å². The molecule has 17 heavy (non-hydrogen) atoms. The van der Waals surface area contributed by atoms with E-state index < -0.39 is 10.0 Å². The van der Waals surface area contributed by atoms with Crippen LogP contribution in [0.3, 0.4) is 0 Å². The molecule has 0 aromatic heterocycles. The van der Waals surface area contributed by atoms with Gasteiger partial charge in [-0.25, -0.2) is 12.7 Å². The molecule has 1 rings (SSSR count). The van der Waals surface area contributed by atoms with Gasteiger partial charge in [-0.05, 0) is 26.7 Å². The minimum atomic E-state index is -3.01. The lowest BCUT2D eigenvalue weighted by atomic mass is 10.1. The first-order chi connectivity index (χ1) is 7.93. The number of sulfonamides is 1. The minimum Gasteiger partial charge on any atom is -0.380 e. The average molecular weight is 264 g/mol. The van der Waals surface area contributed by atoms with E-state index in [9.17, 15) is 8.42 Å². The van der Waals surface area contributed by atoms with Gasteiger partial charge in [0, 0.05) is 31.8 Å². The third-order valence-corrected chi connectivity index (χ3v) is 4.32. The molecule has 0 saturated carbocycles. The number of hydrogen-bond donors (Lipinski definition) is 1. The van der Waals surface area contributed by atoms with Crippen LogP contribution in [0.15, 0.2) is 0 Å². The number of nitrogens with zero attached hydrogens (tertiary/aromatic N) is 1. The van der Waals surface area contributed by atoms with Crippen molar-refractivity contribution in [1.82, 2.24) is 9.62 Å². The molecule has 0 amide bonds. The lowest BCUT2D eigenvalue weighted by Crippen LogP contribution is -2.47. The van der Waals surface area contributed by atoms with Crippen molar-refractivity contribution in [3.63, 3.8) is 0 Å². The molecule has 1 aliphatic rings. The van der Waals surface area contributed by atoms with E-state index in [0.717, 1.165) is 19.4 Å². The molecular formula is C11H24N2O3S. The molecule has 0 aromatic carbocycles. The molecule has 1 aliphatic heterocycles. The quantitative estimate of drug-likeness (QED) is 0.755. The second kappa shape index (κ2) is 6.68. The molecule has 1 heterocycles. The Kier molecular flexibility index (Phi) is 5.85. The number of nitrogens with one attached hydrogen (secondary N) is 1. The summed E-state index contributed by atoms with van der Waals surface area (Å²) < 4.78 is 29.6. The Bertz CT molecular complexity index is 311. The Morgan fingerprint density at radius 3 is 2.47 bits per heavy atom. The zero-order chi connectivity index (χ0) is 12.9. The fourth-order valence-corrected chi connectivity index (χ4v) is 2.97. The molecule has 1 saturated heterocycles. The smallest absolute Gasteiger partial charge is 0.211 e. The highest BCUT2D eigenvalue weighted by Gasteiger charge is 2.25. The van der Waals surface area contributed by atoms with Crippen molar-refractivity contribution in [2.75, 3.05) is 32.6 Å². The number of ether oxygens (including phenoxy) is 1. The maximum atomic E-state index is 11.3. The van der Waals surface area contributed by atoms with E-state index in [-0.39, 0.29) is 0 Å². The normalized spacial score (nSPS) is 21.6. The van der Waals surface area contributed by atoms with E-state index in [2.05, 4.69) is 12.2 Å². The summed E-state index contributed by atoms with van der Waals surface area (Å²) in [6.45, 7) is 6.77. The Balaban J connectivity index is 2.28. The predicted molar refractivity (Wildman–Crippen MR) is 68.5 cm³/mol. The zero-order valence-corrected chi connectivity index (χ0v) is 11.8. The Hall–Kier alpha value is -0.170.